The van der Waals surface area contributed by atoms with E-state index in [0.717, 1.165) is 50.3 Å². The maximum atomic E-state index is 9.04. The Labute approximate surface area is 180 Å². The fourth-order valence-electron chi connectivity index (χ4n) is 5.19. The summed E-state index contributed by atoms with van der Waals surface area (Å²) >= 11 is 0. The largest absolute Gasteiger partial charge is 0.372 e. The molecule has 1 aromatic heterocycles. The molecule has 0 amide bonds. The van der Waals surface area contributed by atoms with Crippen LogP contribution in [0.4, 0.5) is 0 Å². The van der Waals surface area contributed by atoms with Gasteiger partial charge in [0.25, 0.3) is 0 Å². The Kier molecular flexibility index (Phi) is 5.74. The summed E-state index contributed by atoms with van der Waals surface area (Å²) in [5.74, 6) is 1.16. The zero-order valence-corrected chi connectivity index (χ0v) is 18.8. The lowest BCUT2D eigenvalue weighted by atomic mass is 9.70. The molecule has 0 N–H and O–H groups in total. The van der Waals surface area contributed by atoms with E-state index in [1.165, 1.54) is 12.0 Å². The summed E-state index contributed by atoms with van der Waals surface area (Å²) in [6.07, 6.45) is 8.80. The Morgan fingerprint density at radius 2 is 2.00 bits per heavy atom. The Morgan fingerprint density at radius 1 is 1.27 bits per heavy atom. The number of nitrogens with zero attached hydrogens (tertiary/aromatic N) is 4. The summed E-state index contributed by atoms with van der Waals surface area (Å²) in [6.45, 7) is 11.9. The highest BCUT2D eigenvalue weighted by atomic mass is 16.5. The van der Waals surface area contributed by atoms with Crippen molar-refractivity contribution in [1.29, 1.82) is 5.26 Å². The summed E-state index contributed by atoms with van der Waals surface area (Å²) in [7, 11) is 0. The number of imidazole rings is 1. The highest BCUT2D eigenvalue weighted by molar-refractivity contribution is 5.31. The van der Waals surface area contributed by atoms with Crippen molar-refractivity contribution in [2.75, 3.05) is 13.1 Å². The molecule has 5 nitrogen and oxygen atoms in total. The number of aromatic nitrogens is 2. The van der Waals surface area contributed by atoms with Crippen molar-refractivity contribution >= 4 is 0 Å². The molecule has 1 aromatic carbocycles. The number of hydrogen-bond acceptors (Lipinski definition) is 4. The third-order valence-corrected chi connectivity index (χ3v) is 6.95. The zero-order chi connectivity index (χ0) is 21.4. The van der Waals surface area contributed by atoms with Gasteiger partial charge in [-0.3, -0.25) is 4.90 Å². The molecule has 0 aliphatic carbocycles. The Hall–Kier alpha value is -2.16. The molecular weight excluding hydrogens is 372 g/mol. The quantitative estimate of drug-likeness (QED) is 0.667. The molecule has 0 bridgehead atoms. The minimum atomic E-state index is 0.00737. The lowest BCUT2D eigenvalue weighted by molar-refractivity contribution is -0.230. The molecule has 2 saturated heterocycles. The van der Waals surface area contributed by atoms with Crippen LogP contribution in [0, 0.1) is 16.7 Å². The predicted molar refractivity (Wildman–Crippen MR) is 118 cm³/mol. The predicted octanol–water partition coefficient (Wildman–Crippen LogP) is 4.73. The number of ether oxygens (including phenoxy) is 1. The van der Waals surface area contributed by atoms with Crippen LogP contribution >= 0.6 is 0 Å². The van der Waals surface area contributed by atoms with Crippen LogP contribution in [0.1, 0.15) is 70.0 Å². The molecule has 2 atom stereocenters. The van der Waals surface area contributed by atoms with Gasteiger partial charge in [0.15, 0.2) is 0 Å². The molecule has 0 radical (unpaired) electrons. The summed E-state index contributed by atoms with van der Waals surface area (Å²) < 4.78 is 8.67. The molecular formula is C25H34N4O. The fourth-order valence-corrected chi connectivity index (χ4v) is 5.19. The summed E-state index contributed by atoms with van der Waals surface area (Å²) in [5.41, 5.74) is 2.23. The summed E-state index contributed by atoms with van der Waals surface area (Å²) in [5, 5.41) is 9.04. The Morgan fingerprint density at radius 3 is 2.63 bits per heavy atom. The van der Waals surface area contributed by atoms with E-state index in [1.807, 2.05) is 18.3 Å². The summed E-state index contributed by atoms with van der Waals surface area (Å²) in [6, 6.07) is 10.7. The van der Waals surface area contributed by atoms with E-state index in [9.17, 15) is 0 Å². The van der Waals surface area contributed by atoms with Gasteiger partial charge in [-0.1, -0.05) is 12.1 Å². The van der Waals surface area contributed by atoms with E-state index in [-0.39, 0.29) is 11.0 Å². The lowest BCUT2D eigenvalue weighted by Crippen LogP contribution is -2.55. The number of rotatable bonds is 7. The first-order valence-corrected chi connectivity index (χ1v) is 11.2. The summed E-state index contributed by atoms with van der Waals surface area (Å²) in [4.78, 5) is 7.19. The van der Waals surface area contributed by atoms with Gasteiger partial charge in [0, 0.05) is 36.8 Å². The number of aryl methyl sites for hydroxylation is 1. The average molecular weight is 407 g/mol. The van der Waals surface area contributed by atoms with Crippen LogP contribution in [0.3, 0.4) is 0 Å². The van der Waals surface area contributed by atoms with Gasteiger partial charge in [0.05, 0.1) is 29.9 Å². The molecule has 2 aliphatic heterocycles. The van der Waals surface area contributed by atoms with E-state index in [1.54, 1.807) is 0 Å². The van der Waals surface area contributed by atoms with Crippen molar-refractivity contribution in [2.24, 2.45) is 5.41 Å². The first-order chi connectivity index (χ1) is 14.3. The third kappa shape index (κ3) is 4.31. The van der Waals surface area contributed by atoms with Crippen molar-refractivity contribution in [3.63, 3.8) is 0 Å². The maximum Gasteiger partial charge on any atom is 0.123 e. The second-order valence-electron chi connectivity index (χ2n) is 10.0. The highest BCUT2D eigenvalue weighted by Gasteiger charge is 2.52. The van der Waals surface area contributed by atoms with Crippen LogP contribution in [0.5, 0.6) is 0 Å². The van der Waals surface area contributed by atoms with E-state index in [2.05, 4.69) is 66.5 Å². The molecule has 2 aliphatic rings. The average Bonchev–Trinajstić information content (AvgIpc) is 3.33. The number of benzene rings is 1. The molecule has 30 heavy (non-hydrogen) atoms. The molecule has 2 fully saturated rings. The highest BCUT2D eigenvalue weighted by Crippen LogP contribution is 2.49. The molecule has 0 saturated carbocycles. The normalized spacial score (nSPS) is 25.9. The van der Waals surface area contributed by atoms with Gasteiger partial charge in [0.1, 0.15) is 5.82 Å². The van der Waals surface area contributed by atoms with Gasteiger partial charge in [-0.2, -0.15) is 5.26 Å². The van der Waals surface area contributed by atoms with Gasteiger partial charge >= 0.3 is 0 Å². The first kappa shape index (κ1) is 21.1. The first-order valence-electron chi connectivity index (χ1n) is 11.2. The Bertz CT molecular complexity index is 900. The van der Waals surface area contributed by atoms with E-state index in [4.69, 9.17) is 10.00 Å². The van der Waals surface area contributed by atoms with E-state index in [0.29, 0.717) is 12.1 Å². The third-order valence-electron chi connectivity index (χ3n) is 6.95. The minimum Gasteiger partial charge on any atom is -0.372 e. The van der Waals surface area contributed by atoms with E-state index >= 15 is 0 Å². The molecule has 2 aromatic rings. The second kappa shape index (κ2) is 8.17. The molecule has 5 heteroatoms. The second-order valence-corrected chi connectivity index (χ2v) is 10.0. The number of hydrogen-bond donors (Lipinski definition) is 0. The number of likely N-dealkylation sites (tertiary alicyclic amines) is 1. The van der Waals surface area contributed by atoms with Gasteiger partial charge < -0.3 is 9.30 Å². The van der Waals surface area contributed by atoms with Crippen LogP contribution in [0.2, 0.25) is 0 Å². The van der Waals surface area contributed by atoms with Crippen molar-refractivity contribution < 1.29 is 4.74 Å². The molecule has 3 heterocycles. The van der Waals surface area contributed by atoms with Crippen LogP contribution in [-0.4, -0.2) is 39.2 Å². The van der Waals surface area contributed by atoms with Crippen molar-refractivity contribution in [2.45, 2.75) is 77.7 Å². The molecule has 4 rings (SSSR count). The molecule has 1 unspecified atom stereocenters. The van der Waals surface area contributed by atoms with Gasteiger partial charge in [-0.05, 0) is 71.2 Å². The fraction of sp³-hybridized carbons (Fsp3) is 0.600. The van der Waals surface area contributed by atoms with Gasteiger partial charge in [0.2, 0.25) is 0 Å². The van der Waals surface area contributed by atoms with E-state index < -0.39 is 0 Å². The Balaban J connectivity index is 1.46. The zero-order valence-electron chi connectivity index (χ0n) is 18.8. The number of nitriles is 1. The monoisotopic (exact) mass is 406 g/mol. The van der Waals surface area contributed by atoms with Crippen molar-refractivity contribution in [3.8, 4) is 6.07 Å². The molecule has 0 spiro atoms. The standard InChI is InChI=1S/C25H34N4O/c1-19(2)29-14-12-27-23(29)17-28-13-11-25(18-28,22-15-24(3,4)30-22)10-9-20-5-7-21(16-26)8-6-20/h5-8,12,14,19,22H,9-11,13,15,17-18H2,1-4H3/t22?,25-/m1/s1. The molecule has 160 valence electrons. The lowest BCUT2D eigenvalue weighted by Gasteiger charge is -2.52. The smallest absolute Gasteiger partial charge is 0.123 e. The van der Waals surface area contributed by atoms with Crippen LogP contribution in [0.15, 0.2) is 36.7 Å². The van der Waals surface area contributed by atoms with Crippen molar-refractivity contribution in [3.05, 3.63) is 53.6 Å². The van der Waals surface area contributed by atoms with Crippen molar-refractivity contribution in [1.82, 2.24) is 14.5 Å². The maximum absolute atomic E-state index is 9.04. The SMILES string of the molecule is CC(C)n1ccnc1CN1CC[C@@](CCc2ccc(C#N)cc2)(C2CC(C)(C)O2)C1. The van der Waals surface area contributed by atoms with Crippen LogP contribution < -0.4 is 0 Å². The van der Waals surface area contributed by atoms with Gasteiger partial charge in [-0.15, -0.1) is 0 Å². The minimum absolute atomic E-state index is 0.00737. The van der Waals surface area contributed by atoms with Crippen LogP contribution in [0.25, 0.3) is 0 Å². The van der Waals surface area contributed by atoms with Crippen LogP contribution in [-0.2, 0) is 17.7 Å². The van der Waals surface area contributed by atoms with Gasteiger partial charge in [-0.25, -0.2) is 4.98 Å². The topological polar surface area (TPSA) is 54.1 Å².